The van der Waals surface area contributed by atoms with Gasteiger partial charge in [0.15, 0.2) is 0 Å². The Morgan fingerprint density at radius 2 is 1.92 bits per heavy atom. The third-order valence-electron chi connectivity index (χ3n) is 3.89. The summed E-state index contributed by atoms with van der Waals surface area (Å²) in [6.07, 6.45) is 1.84. The molecule has 0 aromatic heterocycles. The zero-order valence-corrected chi connectivity index (χ0v) is 14.1. The van der Waals surface area contributed by atoms with E-state index in [0.29, 0.717) is 30.9 Å². The average Bonchev–Trinajstić information content (AvgIpc) is 2.97. The first-order valence-electron chi connectivity index (χ1n) is 7.63. The molecule has 2 aromatic rings. The minimum atomic E-state index is -3.26. The molecule has 6 nitrogen and oxygen atoms in total. The van der Waals surface area contributed by atoms with E-state index < -0.39 is 10.0 Å². The van der Waals surface area contributed by atoms with E-state index >= 15 is 0 Å². The van der Waals surface area contributed by atoms with Crippen molar-refractivity contribution >= 4 is 27.4 Å². The molecule has 24 heavy (non-hydrogen) atoms. The lowest BCUT2D eigenvalue weighted by molar-refractivity contribution is 0.251. The third-order valence-corrected chi connectivity index (χ3v) is 5.07. The molecule has 0 bridgehead atoms. The highest BCUT2D eigenvalue weighted by Gasteiger charge is 2.26. The van der Waals surface area contributed by atoms with Crippen molar-refractivity contribution in [2.75, 3.05) is 22.4 Å². The molecule has 1 heterocycles. The van der Waals surface area contributed by atoms with Gasteiger partial charge >= 0.3 is 6.03 Å². The maximum atomic E-state index is 12.0. The highest BCUT2D eigenvalue weighted by molar-refractivity contribution is 7.92. The van der Waals surface area contributed by atoms with Crippen molar-refractivity contribution in [3.63, 3.8) is 0 Å². The molecule has 0 radical (unpaired) electrons. The maximum absolute atomic E-state index is 12.0. The molecule has 0 aliphatic carbocycles. The van der Waals surface area contributed by atoms with E-state index in [-0.39, 0.29) is 6.03 Å². The van der Waals surface area contributed by atoms with Gasteiger partial charge in [-0.25, -0.2) is 13.2 Å². The van der Waals surface area contributed by atoms with Crippen LogP contribution in [0.3, 0.4) is 0 Å². The molecular formula is C17H19N3O3S. The normalized spacial score (nSPS) is 13.5. The maximum Gasteiger partial charge on any atom is 0.319 e. The number of sulfonamides is 1. The monoisotopic (exact) mass is 345 g/mol. The van der Waals surface area contributed by atoms with Crippen molar-refractivity contribution in [3.8, 4) is 0 Å². The summed E-state index contributed by atoms with van der Waals surface area (Å²) in [7, 11) is -3.26. The molecule has 0 saturated carbocycles. The summed E-state index contributed by atoms with van der Waals surface area (Å²) in [6.45, 7) is 0.886. The van der Waals surface area contributed by atoms with E-state index in [1.807, 2.05) is 36.4 Å². The summed E-state index contributed by atoms with van der Waals surface area (Å²) in [5.41, 5.74) is 3.27. The zero-order chi connectivity index (χ0) is 17.2. The van der Waals surface area contributed by atoms with Crippen LogP contribution in [0.1, 0.15) is 11.1 Å². The van der Waals surface area contributed by atoms with E-state index in [1.165, 1.54) is 10.6 Å². The zero-order valence-electron chi connectivity index (χ0n) is 13.3. The van der Waals surface area contributed by atoms with E-state index in [2.05, 4.69) is 10.6 Å². The minimum Gasteiger partial charge on any atom is -0.334 e. The molecule has 126 valence electrons. The second-order valence-electron chi connectivity index (χ2n) is 5.72. The van der Waals surface area contributed by atoms with Crippen LogP contribution in [0.5, 0.6) is 0 Å². The van der Waals surface area contributed by atoms with Gasteiger partial charge in [0.25, 0.3) is 0 Å². The van der Waals surface area contributed by atoms with Gasteiger partial charge in [0.2, 0.25) is 10.0 Å². The number of carbonyl (C=O) groups excluding carboxylic acids is 1. The second-order valence-corrected chi connectivity index (χ2v) is 7.63. The number of hydrogen-bond donors (Lipinski definition) is 2. The summed E-state index contributed by atoms with van der Waals surface area (Å²) >= 11 is 0. The van der Waals surface area contributed by atoms with Gasteiger partial charge in [0.1, 0.15) is 0 Å². The van der Waals surface area contributed by atoms with Gasteiger partial charge in [-0.2, -0.15) is 0 Å². The number of amides is 2. The molecular weight excluding hydrogens is 326 g/mol. The number of anilines is 2. The highest BCUT2D eigenvalue weighted by Crippen LogP contribution is 2.32. The molecule has 1 aliphatic rings. The lowest BCUT2D eigenvalue weighted by Gasteiger charge is -2.16. The molecule has 7 heteroatoms. The number of hydrogen-bond acceptors (Lipinski definition) is 3. The molecule has 2 aromatic carbocycles. The Balaban J connectivity index is 1.63. The molecule has 2 amide bonds. The summed E-state index contributed by atoms with van der Waals surface area (Å²) in [4.78, 5) is 12.0. The molecule has 2 N–H and O–H groups in total. The second kappa shape index (κ2) is 6.52. The van der Waals surface area contributed by atoms with Gasteiger partial charge < -0.3 is 10.6 Å². The third kappa shape index (κ3) is 3.68. The topological polar surface area (TPSA) is 78.5 Å². The molecule has 0 saturated heterocycles. The quantitative estimate of drug-likeness (QED) is 0.893. The van der Waals surface area contributed by atoms with Crippen LogP contribution in [-0.2, 0) is 23.0 Å². The van der Waals surface area contributed by atoms with Gasteiger partial charge in [0.05, 0.1) is 11.9 Å². The van der Waals surface area contributed by atoms with Crippen LogP contribution >= 0.6 is 0 Å². The van der Waals surface area contributed by atoms with Gasteiger partial charge in [-0.15, -0.1) is 0 Å². The fourth-order valence-electron chi connectivity index (χ4n) is 2.75. The minimum absolute atomic E-state index is 0.295. The first-order chi connectivity index (χ1) is 11.4. The van der Waals surface area contributed by atoms with Crippen molar-refractivity contribution in [3.05, 3.63) is 59.7 Å². The van der Waals surface area contributed by atoms with Crippen LogP contribution in [0.15, 0.2) is 48.5 Å². The molecule has 0 atom stereocenters. The highest BCUT2D eigenvalue weighted by atomic mass is 32.2. The van der Waals surface area contributed by atoms with E-state index in [4.69, 9.17) is 0 Å². The fourth-order valence-corrected chi connectivity index (χ4v) is 3.71. The average molecular weight is 345 g/mol. The largest absolute Gasteiger partial charge is 0.334 e. The number of nitrogens with one attached hydrogen (secondary N) is 2. The van der Waals surface area contributed by atoms with Crippen LogP contribution in [0.2, 0.25) is 0 Å². The van der Waals surface area contributed by atoms with E-state index in [0.717, 1.165) is 11.1 Å². The summed E-state index contributed by atoms with van der Waals surface area (Å²) < 4.78 is 24.8. The Morgan fingerprint density at radius 1 is 1.17 bits per heavy atom. The van der Waals surface area contributed by atoms with Gasteiger partial charge in [-0.1, -0.05) is 30.3 Å². The Hall–Kier alpha value is -2.54. The van der Waals surface area contributed by atoms with Crippen molar-refractivity contribution in [1.82, 2.24) is 5.32 Å². The Bertz CT molecular complexity index is 851. The van der Waals surface area contributed by atoms with Gasteiger partial charge in [0, 0.05) is 18.8 Å². The molecule has 0 unspecified atom stereocenters. The lowest BCUT2D eigenvalue weighted by Crippen LogP contribution is -2.28. The predicted molar refractivity (Wildman–Crippen MR) is 94.6 cm³/mol. The number of carbonyl (C=O) groups is 1. The van der Waals surface area contributed by atoms with Crippen molar-refractivity contribution < 1.29 is 13.2 Å². The predicted octanol–water partition coefficient (Wildman–Crippen LogP) is 2.33. The van der Waals surface area contributed by atoms with Crippen molar-refractivity contribution in [2.24, 2.45) is 0 Å². The summed E-state index contributed by atoms with van der Waals surface area (Å²) in [5.74, 6) is 0. The molecule has 3 rings (SSSR count). The molecule has 0 fully saturated rings. The molecule has 0 spiro atoms. The number of benzene rings is 2. The summed E-state index contributed by atoms with van der Waals surface area (Å²) in [6, 6.07) is 14.6. The lowest BCUT2D eigenvalue weighted by atomic mass is 10.1. The smallest absolute Gasteiger partial charge is 0.319 e. The van der Waals surface area contributed by atoms with Crippen LogP contribution in [0.25, 0.3) is 0 Å². The standard InChI is InChI=1S/C17H19N3O3S/c1-24(22,23)20-10-9-14-11-15(7-8-16(14)20)19-17(21)18-12-13-5-3-2-4-6-13/h2-8,11H,9-10,12H2,1H3,(H2,18,19,21). The van der Waals surface area contributed by atoms with E-state index in [9.17, 15) is 13.2 Å². The Kier molecular flexibility index (Phi) is 4.44. The Morgan fingerprint density at radius 3 is 2.62 bits per heavy atom. The number of rotatable bonds is 4. The van der Waals surface area contributed by atoms with Crippen LogP contribution in [0.4, 0.5) is 16.2 Å². The number of urea groups is 1. The van der Waals surface area contributed by atoms with E-state index in [1.54, 1.807) is 12.1 Å². The Labute approximate surface area is 141 Å². The molecule has 1 aliphatic heterocycles. The number of nitrogens with zero attached hydrogens (tertiary/aromatic N) is 1. The fraction of sp³-hybridized carbons (Fsp3) is 0.235. The van der Waals surface area contributed by atoms with Crippen molar-refractivity contribution in [2.45, 2.75) is 13.0 Å². The van der Waals surface area contributed by atoms with Gasteiger partial charge in [-0.3, -0.25) is 4.31 Å². The van der Waals surface area contributed by atoms with Crippen molar-refractivity contribution in [1.29, 1.82) is 0 Å². The first kappa shape index (κ1) is 16.3. The SMILES string of the molecule is CS(=O)(=O)N1CCc2cc(NC(=O)NCc3ccccc3)ccc21. The number of fused-ring (bicyclic) bond motifs is 1. The first-order valence-corrected chi connectivity index (χ1v) is 9.48. The summed E-state index contributed by atoms with van der Waals surface area (Å²) in [5, 5.41) is 5.57. The van der Waals surface area contributed by atoms with Crippen LogP contribution in [-0.4, -0.2) is 27.2 Å². The van der Waals surface area contributed by atoms with Crippen LogP contribution in [0, 0.1) is 0 Å². The van der Waals surface area contributed by atoms with Gasteiger partial charge in [-0.05, 0) is 35.7 Å². The van der Waals surface area contributed by atoms with Crippen LogP contribution < -0.4 is 14.9 Å².